The second-order valence-corrected chi connectivity index (χ2v) is 7.13. The minimum atomic E-state index is -3.83. The highest BCUT2D eigenvalue weighted by Crippen LogP contribution is 2.30. The van der Waals surface area contributed by atoms with Gasteiger partial charge in [0.25, 0.3) is 14.6 Å². The summed E-state index contributed by atoms with van der Waals surface area (Å²) >= 11 is 0. The Morgan fingerprint density at radius 1 is 1.44 bits per heavy atom. The second kappa shape index (κ2) is 3.86. The molecule has 0 amide bonds. The molecule has 7 heteroatoms. The van der Waals surface area contributed by atoms with Crippen LogP contribution in [0.15, 0.2) is 28.2 Å². The first kappa shape index (κ1) is 11.8. The van der Waals surface area contributed by atoms with Crippen LogP contribution >= 0.6 is 10.7 Å². The molecule has 2 aromatic heterocycles. The van der Waals surface area contributed by atoms with E-state index in [1.807, 2.05) is 0 Å². The molecule has 0 saturated heterocycles. The van der Waals surface area contributed by atoms with Crippen molar-refractivity contribution in [3.63, 3.8) is 0 Å². The third kappa shape index (κ3) is 1.95. The number of fused-ring (bicyclic) bond motifs is 1. The number of halogens is 1. The molecule has 2 heterocycles. The Morgan fingerprint density at radius 3 is 2.78 bits per heavy atom. The minimum Gasteiger partial charge on any atom is -0.355 e. The van der Waals surface area contributed by atoms with E-state index in [9.17, 15) is 13.2 Å². The Hall–Kier alpha value is -1.27. The molecule has 18 heavy (non-hydrogen) atoms. The third-order valence-electron chi connectivity index (χ3n) is 3.19. The lowest BCUT2D eigenvalue weighted by molar-refractivity contribution is 0.609. The largest absolute Gasteiger partial charge is 0.355 e. The van der Waals surface area contributed by atoms with E-state index >= 15 is 0 Å². The van der Waals surface area contributed by atoms with Crippen molar-refractivity contribution >= 4 is 30.6 Å². The van der Waals surface area contributed by atoms with Crippen LogP contribution in [0.5, 0.6) is 0 Å². The summed E-state index contributed by atoms with van der Waals surface area (Å²) in [7, 11) is 1.48. The van der Waals surface area contributed by atoms with Crippen molar-refractivity contribution in [1.82, 2.24) is 9.55 Å². The van der Waals surface area contributed by atoms with Gasteiger partial charge < -0.3 is 9.55 Å². The first-order valence-corrected chi connectivity index (χ1v) is 7.93. The highest BCUT2D eigenvalue weighted by molar-refractivity contribution is 8.14. The summed E-state index contributed by atoms with van der Waals surface area (Å²) in [6.45, 7) is 0.691. The first-order chi connectivity index (χ1) is 8.47. The summed E-state index contributed by atoms with van der Waals surface area (Å²) in [6.07, 6.45) is 5.19. The van der Waals surface area contributed by atoms with Crippen LogP contribution in [-0.4, -0.2) is 18.0 Å². The second-order valence-electron chi connectivity index (χ2n) is 4.60. The number of hydrogen-bond acceptors (Lipinski definition) is 3. The summed E-state index contributed by atoms with van der Waals surface area (Å²) < 4.78 is 24.3. The Kier molecular flexibility index (Phi) is 2.53. The number of pyridine rings is 1. The van der Waals surface area contributed by atoms with Crippen LogP contribution in [0.1, 0.15) is 12.8 Å². The first-order valence-electron chi connectivity index (χ1n) is 5.62. The zero-order valence-electron chi connectivity index (χ0n) is 9.39. The highest BCUT2D eigenvalue weighted by atomic mass is 35.7. The Bertz CT molecular complexity index is 771. The molecule has 0 radical (unpaired) electrons. The SMILES string of the molecule is O=c1c2[nH]cc(S(=O)(=O)Cl)c2ccn1CC1CC1. The number of nitrogens with one attached hydrogen (secondary N) is 1. The van der Waals surface area contributed by atoms with E-state index in [1.54, 1.807) is 16.8 Å². The molecule has 0 spiro atoms. The normalized spacial score (nSPS) is 16.3. The number of aromatic nitrogens is 2. The Morgan fingerprint density at radius 2 is 2.17 bits per heavy atom. The molecule has 1 aliphatic rings. The fourth-order valence-electron chi connectivity index (χ4n) is 2.06. The number of hydrogen-bond donors (Lipinski definition) is 1. The summed E-state index contributed by atoms with van der Waals surface area (Å²) in [5.41, 5.74) is 0.0864. The van der Waals surface area contributed by atoms with Crippen LogP contribution in [0.25, 0.3) is 10.9 Å². The number of nitrogens with zero attached hydrogens (tertiary/aromatic N) is 1. The molecular weight excluding hydrogens is 276 g/mol. The van der Waals surface area contributed by atoms with Crippen molar-refractivity contribution < 1.29 is 8.42 Å². The molecule has 5 nitrogen and oxygen atoms in total. The van der Waals surface area contributed by atoms with Gasteiger partial charge in [-0.05, 0) is 24.8 Å². The average Bonchev–Trinajstić information content (AvgIpc) is 2.96. The van der Waals surface area contributed by atoms with E-state index in [1.165, 1.54) is 6.20 Å². The average molecular weight is 287 g/mol. The predicted molar refractivity (Wildman–Crippen MR) is 68.3 cm³/mol. The van der Waals surface area contributed by atoms with Gasteiger partial charge in [-0.1, -0.05) is 0 Å². The molecule has 0 unspecified atom stereocenters. The van der Waals surface area contributed by atoms with E-state index in [0.717, 1.165) is 12.8 Å². The molecule has 1 fully saturated rings. The number of aromatic amines is 1. The van der Waals surface area contributed by atoms with Crippen LogP contribution < -0.4 is 5.56 Å². The maximum absolute atomic E-state index is 12.1. The maximum Gasteiger partial charge on any atom is 0.274 e. The van der Waals surface area contributed by atoms with Gasteiger partial charge in [-0.2, -0.15) is 0 Å². The van der Waals surface area contributed by atoms with Gasteiger partial charge in [0.2, 0.25) is 0 Å². The van der Waals surface area contributed by atoms with E-state index in [2.05, 4.69) is 4.98 Å². The predicted octanol–water partition coefficient (Wildman–Crippen LogP) is 1.67. The highest BCUT2D eigenvalue weighted by Gasteiger charge is 2.23. The van der Waals surface area contributed by atoms with Crippen molar-refractivity contribution in [2.75, 3.05) is 0 Å². The fraction of sp³-hybridized carbons (Fsp3) is 0.364. The Labute approximate surface area is 108 Å². The monoisotopic (exact) mass is 286 g/mol. The molecular formula is C11H11ClN2O3S. The third-order valence-corrected chi connectivity index (χ3v) is 4.55. The lowest BCUT2D eigenvalue weighted by Crippen LogP contribution is -2.20. The van der Waals surface area contributed by atoms with Crippen LogP contribution in [0.3, 0.4) is 0 Å². The zero-order chi connectivity index (χ0) is 12.9. The van der Waals surface area contributed by atoms with Gasteiger partial charge in [-0.25, -0.2) is 8.42 Å². The van der Waals surface area contributed by atoms with Crippen molar-refractivity contribution in [3.05, 3.63) is 28.8 Å². The minimum absolute atomic E-state index is 0.0464. The van der Waals surface area contributed by atoms with Crippen LogP contribution in [0, 0.1) is 5.92 Å². The van der Waals surface area contributed by atoms with Gasteiger partial charge in [0, 0.05) is 35.0 Å². The maximum atomic E-state index is 12.1. The van der Waals surface area contributed by atoms with Gasteiger partial charge in [-0.3, -0.25) is 4.79 Å². The van der Waals surface area contributed by atoms with E-state index < -0.39 is 9.05 Å². The summed E-state index contributed by atoms with van der Waals surface area (Å²) in [5, 5.41) is 0.349. The van der Waals surface area contributed by atoms with Crippen LogP contribution in [0.2, 0.25) is 0 Å². The van der Waals surface area contributed by atoms with Gasteiger partial charge in [0.1, 0.15) is 10.4 Å². The van der Waals surface area contributed by atoms with Gasteiger partial charge in [0.05, 0.1) is 0 Å². The van der Waals surface area contributed by atoms with Gasteiger partial charge in [-0.15, -0.1) is 0 Å². The Balaban J connectivity index is 2.19. The van der Waals surface area contributed by atoms with Crippen LogP contribution in [-0.2, 0) is 15.6 Å². The summed E-state index contributed by atoms with van der Waals surface area (Å²) in [6, 6.07) is 1.62. The topological polar surface area (TPSA) is 71.9 Å². The van der Waals surface area contributed by atoms with E-state index in [-0.39, 0.29) is 16.0 Å². The zero-order valence-corrected chi connectivity index (χ0v) is 11.0. The molecule has 0 bridgehead atoms. The summed E-state index contributed by atoms with van der Waals surface area (Å²) in [4.78, 5) is 14.8. The van der Waals surface area contributed by atoms with Crippen molar-refractivity contribution in [2.45, 2.75) is 24.3 Å². The molecule has 1 saturated carbocycles. The van der Waals surface area contributed by atoms with Gasteiger partial charge >= 0.3 is 0 Å². The van der Waals surface area contributed by atoms with Gasteiger partial charge in [0.15, 0.2) is 0 Å². The smallest absolute Gasteiger partial charge is 0.274 e. The van der Waals surface area contributed by atoms with Crippen molar-refractivity contribution in [1.29, 1.82) is 0 Å². The molecule has 1 aliphatic carbocycles. The van der Waals surface area contributed by atoms with Crippen molar-refractivity contribution in [2.24, 2.45) is 5.92 Å². The molecule has 0 aliphatic heterocycles. The number of H-pyrrole nitrogens is 1. The molecule has 1 N–H and O–H groups in total. The fourth-order valence-corrected chi connectivity index (χ4v) is 3.07. The molecule has 3 rings (SSSR count). The van der Waals surface area contributed by atoms with E-state index in [4.69, 9.17) is 10.7 Å². The molecule has 96 valence electrons. The molecule has 2 aromatic rings. The molecule has 0 atom stereocenters. The molecule has 0 aromatic carbocycles. The lowest BCUT2D eigenvalue weighted by atomic mass is 10.3. The quantitative estimate of drug-likeness (QED) is 0.872. The standard InChI is InChI=1S/C11H11ClN2O3S/c12-18(16,17)9-5-13-10-8(9)3-4-14(11(10)15)6-7-1-2-7/h3-5,7,13H,1-2,6H2. The van der Waals surface area contributed by atoms with E-state index in [0.29, 0.717) is 17.8 Å². The van der Waals surface area contributed by atoms with Crippen LogP contribution in [0.4, 0.5) is 0 Å². The summed E-state index contributed by atoms with van der Waals surface area (Å²) in [5.74, 6) is 0.575. The van der Waals surface area contributed by atoms with Crippen molar-refractivity contribution in [3.8, 4) is 0 Å². The number of rotatable bonds is 3. The lowest BCUT2D eigenvalue weighted by Gasteiger charge is -2.04.